The maximum atomic E-state index is 6.23. The average Bonchev–Trinajstić information content (AvgIpc) is 2.72. The van der Waals surface area contributed by atoms with Crippen molar-refractivity contribution in [3.8, 4) is 11.5 Å². The highest BCUT2D eigenvalue weighted by molar-refractivity contribution is 9.10. The number of benzene rings is 3. The molecular formula is C23H22BrCl2NO2. The number of methoxy groups -OCH3 is 1. The Morgan fingerprint density at radius 2 is 1.66 bits per heavy atom. The molecule has 0 amide bonds. The van der Waals surface area contributed by atoms with E-state index in [-0.39, 0.29) is 6.61 Å². The summed E-state index contributed by atoms with van der Waals surface area (Å²) in [6.07, 6.45) is 0.985. The molecule has 0 aliphatic heterocycles. The second-order valence-corrected chi connectivity index (χ2v) is 8.18. The van der Waals surface area contributed by atoms with Gasteiger partial charge in [0.25, 0.3) is 0 Å². The summed E-state index contributed by atoms with van der Waals surface area (Å²) in [6.45, 7) is 1.88. The molecule has 0 aliphatic carbocycles. The van der Waals surface area contributed by atoms with Crippen LogP contribution in [0.4, 0.5) is 0 Å². The van der Waals surface area contributed by atoms with Crippen LogP contribution in [-0.4, -0.2) is 13.7 Å². The van der Waals surface area contributed by atoms with E-state index in [1.165, 1.54) is 5.56 Å². The Balaban J connectivity index is 1.62. The van der Waals surface area contributed by atoms with Crippen molar-refractivity contribution in [1.29, 1.82) is 0 Å². The molecule has 0 aromatic heterocycles. The monoisotopic (exact) mass is 493 g/mol. The summed E-state index contributed by atoms with van der Waals surface area (Å²) in [5.41, 5.74) is 3.17. The molecule has 29 heavy (non-hydrogen) atoms. The van der Waals surface area contributed by atoms with Gasteiger partial charge in [-0.15, -0.1) is 0 Å². The van der Waals surface area contributed by atoms with Crippen molar-refractivity contribution >= 4 is 39.1 Å². The summed E-state index contributed by atoms with van der Waals surface area (Å²) in [6, 6.07) is 19.8. The normalized spacial score (nSPS) is 10.8. The second kappa shape index (κ2) is 10.9. The fourth-order valence-corrected chi connectivity index (χ4v) is 4.05. The molecule has 3 aromatic carbocycles. The van der Waals surface area contributed by atoms with Crippen LogP contribution in [0.15, 0.2) is 65.1 Å². The van der Waals surface area contributed by atoms with Crippen LogP contribution in [0.3, 0.4) is 0 Å². The van der Waals surface area contributed by atoms with E-state index in [0.29, 0.717) is 21.5 Å². The number of nitrogens with one attached hydrogen (secondary N) is 1. The Labute approximate surface area is 190 Å². The maximum Gasteiger partial charge on any atom is 0.175 e. The Hall–Kier alpha value is -1.72. The summed E-state index contributed by atoms with van der Waals surface area (Å²) in [5, 5.41) is 4.62. The standard InChI is InChI=1S/C23H22BrCl2NO2/c1-28-22-13-17(14-27-11-10-16-6-3-2-4-7-16)12-19(24)23(22)29-15-18-20(25)8-5-9-21(18)26/h2-9,12-13,27H,10-11,14-15H2,1H3. The summed E-state index contributed by atoms with van der Waals surface area (Å²) < 4.78 is 12.3. The zero-order chi connectivity index (χ0) is 20.6. The predicted molar refractivity (Wildman–Crippen MR) is 123 cm³/mol. The van der Waals surface area contributed by atoms with E-state index >= 15 is 0 Å². The number of hydrogen-bond donors (Lipinski definition) is 1. The van der Waals surface area contributed by atoms with Gasteiger partial charge in [0.2, 0.25) is 0 Å². The van der Waals surface area contributed by atoms with E-state index in [0.717, 1.165) is 35.1 Å². The quantitative estimate of drug-likeness (QED) is 0.336. The minimum absolute atomic E-state index is 0.252. The third-order valence-corrected chi connectivity index (χ3v) is 5.77. The van der Waals surface area contributed by atoms with E-state index in [1.54, 1.807) is 19.2 Å². The maximum absolute atomic E-state index is 6.23. The van der Waals surface area contributed by atoms with Gasteiger partial charge < -0.3 is 14.8 Å². The first kappa shape index (κ1) is 22.0. The molecule has 0 saturated carbocycles. The average molecular weight is 495 g/mol. The molecule has 3 rings (SSSR count). The SMILES string of the molecule is COc1cc(CNCCc2ccccc2)cc(Br)c1OCc1c(Cl)cccc1Cl. The third-order valence-electron chi connectivity index (χ3n) is 4.47. The Morgan fingerprint density at radius 1 is 0.931 bits per heavy atom. The minimum atomic E-state index is 0.252. The summed E-state index contributed by atoms with van der Waals surface area (Å²) in [4.78, 5) is 0. The van der Waals surface area contributed by atoms with Crippen LogP contribution in [0.2, 0.25) is 10.0 Å². The lowest BCUT2D eigenvalue weighted by Crippen LogP contribution is -2.16. The first-order chi connectivity index (χ1) is 14.1. The van der Waals surface area contributed by atoms with Crippen LogP contribution in [0.25, 0.3) is 0 Å². The number of halogens is 3. The smallest absolute Gasteiger partial charge is 0.175 e. The molecule has 0 aliphatic rings. The highest BCUT2D eigenvalue weighted by Crippen LogP contribution is 2.38. The van der Waals surface area contributed by atoms with Gasteiger partial charge >= 0.3 is 0 Å². The van der Waals surface area contributed by atoms with Gasteiger partial charge in [0.15, 0.2) is 11.5 Å². The van der Waals surface area contributed by atoms with Gasteiger partial charge in [0.05, 0.1) is 11.6 Å². The topological polar surface area (TPSA) is 30.5 Å². The van der Waals surface area contributed by atoms with E-state index in [9.17, 15) is 0 Å². The summed E-state index contributed by atoms with van der Waals surface area (Å²) in [7, 11) is 1.63. The Bertz CT molecular complexity index is 931. The van der Waals surface area contributed by atoms with Crippen molar-refractivity contribution in [3.05, 3.63) is 91.9 Å². The van der Waals surface area contributed by atoms with Crippen LogP contribution < -0.4 is 14.8 Å². The lowest BCUT2D eigenvalue weighted by molar-refractivity contribution is 0.282. The molecule has 1 N–H and O–H groups in total. The highest BCUT2D eigenvalue weighted by atomic mass is 79.9. The molecule has 0 heterocycles. The van der Waals surface area contributed by atoms with Crippen molar-refractivity contribution in [2.45, 2.75) is 19.6 Å². The van der Waals surface area contributed by atoms with Gasteiger partial charge in [-0.3, -0.25) is 0 Å². The zero-order valence-corrected chi connectivity index (χ0v) is 19.2. The molecule has 0 saturated heterocycles. The van der Waals surface area contributed by atoms with Crippen molar-refractivity contribution in [2.24, 2.45) is 0 Å². The second-order valence-electron chi connectivity index (χ2n) is 6.51. The van der Waals surface area contributed by atoms with Crippen molar-refractivity contribution in [1.82, 2.24) is 5.32 Å². The van der Waals surface area contributed by atoms with E-state index in [4.69, 9.17) is 32.7 Å². The van der Waals surface area contributed by atoms with E-state index in [1.807, 2.05) is 24.3 Å². The van der Waals surface area contributed by atoms with Crippen LogP contribution >= 0.6 is 39.1 Å². The first-order valence-corrected chi connectivity index (χ1v) is 10.8. The van der Waals surface area contributed by atoms with Gasteiger partial charge in [-0.1, -0.05) is 59.6 Å². The Kier molecular flexibility index (Phi) is 8.25. The van der Waals surface area contributed by atoms with E-state index < -0.39 is 0 Å². The molecule has 3 aromatic rings. The zero-order valence-electron chi connectivity index (χ0n) is 16.1. The predicted octanol–water partition coefficient (Wildman–Crippen LogP) is 6.68. The minimum Gasteiger partial charge on any atom is -0.493 e. The van der Waals surface area contributed by atoms with Gasteiger partial charge in [-0.25, -0.2) is 0 Å². The third kappa shape index (κ3) is 6.13. The molecule has 152 valence electrons. The number of ether oxygens (including phenoxy) is 2. The summed E-state index contributed by atoms with van der Waals surface area (Å²) >= 11 is 16.1. The first-order valence-electron chi connectivity index (χ1n) is 9.25. The number of hydrogen-bond acceptors (Lipinski definition) is 3. The molecular weight excluding hydrogens is 473 g/mol. The molecule has 0 fully saturated rings. The number of rotatable bonds is 9. The van der Waals surface area contributed by atoms with Gasteiger partial charge in [-0.2, -0.15) is 0 Å². The van der Waals surface area contributed by atoms with Crippen LogP contribution in [0.5, 0.6) is 11.5 Å². The van der Waals surface area contributed by atoms with Crippen molar-refractivity contribution < 1.29 is 9.47 Å². The van der Waals surface area contributed by atoms with Gasteiger partial charge in [0.1, 0.15) is 6.61 Å². The van der Waals surface area contributed by atoms with Crippen LogP contribution in [0, 0.1) is 0 Å². The lowest BCUT2D eigenvalue weighted by Gasteiger charge is -2.16. The van der Waals surface area contributed by atoms with Gasteiger partial charge in [0, 0.05) is 22.2 Å². The largest absolute Gasteiger partial charge is 0.493 e. The molecule has 0 spiro atoms. The van der Waals surface area contributed by atoms with E-state index in [2.05, 4.69) is 45.5 Å². The molecule has 0 unspecified atom stereocenters. The fraction of sp³-hybridized carbons (Fsp3) is 0.217. The fourth-order valence-electron chi connectivity index (χ4n) is 2.94. The van der Waals surface area contributed by atoms with Gasteiger partial charge in [-0.05, 0) is 64.3 Å². The van der Waals surface area contributed by atoms with Crippen molar-refractivity contribution in [2.75, 3.05) is 13.7 Å². The summed E-state index contributed by atoms with van der Waals surface area (Å²) in [5.74, 6) is 1.28. The molecule has 0 radical (unpaired) electrons. The van der Waals surface area contributed by atoms with Crippen LogP contribution in [0.1, 0.15) is 16.7 Å². The van der Waals surface area contributed by atoms with Crippen molar-refractivity contribution in [3.63, 3.8) is 0 Å². The van der Waals surface area contributed by atoms with Crippen LogP contribution in [-0.2, 0) is 19.6 Å². The molecule has 0 bridgehead atoms. The molecule has 3 nitrogen and oxygen atoms in total. The highest BCUT2D eigenvalue weighted by Gasteiger charge is 2.14. The molecule has 6 heteroatoms. The molecule has 0 atom stereocenters. The Morgan fingerprint density at radius 3 is 2.34 bits per heavy atom. The lowest BCUT2D eigenvalue weighted by atomic mass is 10.1.